The summed E-state index contributed by atoms with van der Waals surface area (Å²) in [5.41, 5.74) is 0. The van der Waals surface area contributed by atoms with E-state index in [0.29, 0.717) is 11.8 Å². The van der Waals surface area contributed by atoms with E-state index in [-0.39, 0.29) is 0 Å². The van der Waals surface area contributed by atoms with Crippen molar-refractivity contribution in [3.63, 3.8) is 0 Å². The Morgan fingerprint density at radius 2 is 2.20 bits per heavy atom. The topological polar surface area (TPSA) is 42.7 Å². The lowest BCUT2D eigenvalue weighted by Crippen LogP contribution is -2.18. The SMILES string of the molecule is C[C@@H]1CNC[C@H]1c1nnc2n1CCCC2. The maximum absolute atomic E-state index is 4.40. The van der Waals surface area contributed by atoms with Crippen LogP contribution in [0.5, 0.6) is 0 Å². The van der Waals surface area contributed by atoms with Crippen LogP contribution in [0.3, 0.4) is 0 Å². The summed E-state index contributed by atoms with van der Waals surface area (Å²) in [5, 5.41) is 12.2. The largest absolute Gasteiger partial charge is 0.316 e. The minimum Gasteiger partial charge on any atom is -0.316 e. The highest BCUT2D eigenvalue weighted by molar-refractivity contribution is 5.08. The summed E-state index contributed by atoms with van der Waals surface area (Å²) in [7, 11) is 0. The molecule has 0 bridgehead atoms. The van der Waals surface area contributed by atoms with Crippen molar-refractivity contribution in [3.8, 4) is 0 Å². The van der Waals surface area contributed by atoms with Crippen molar-refractivity contribution in [1.29, 1.82) is 0 Å². The Morgan fingerprint density at radius 1 is 1.27 bits per heavy atom. The average molecular weight is 206 g/mol. The molecule has 1 fully saturated rings. The van der Waals surface area contributed by atoms with E-state index >= 15 is 0 Å². The van der Waals surface area contributed by atoms with E-state index in [1.165, 1.54) is 24.5 Å². The number of nitrogens with zero attached hydrogens (tertiary/aromatic N) is 3. The molecule has 2 aliphatic rings. The molecule has 1 aromatic rings. The molecule has 82 valence electrons. The molecule has 0 aliphatic carbocycles. The lowest BCUT2D eigenvalue weighted by Gasteiger charge is -2.19. The molecule has 0 aromatic carbocycles. The highest BCUT2D eigenvalue weighted by Gasteiger charge is 2.30. The van der Waals surface area contributed by atoms with Crippen molar-refractivity contribution in [2.75, 3.05) is 13.1 Å². The average Bonchev–Trinajstić information content (AvgIpc) is 2.83. The maximum Gasteiger partial charge on any atom is 0.137 e. The van der Waals surface area contributed by atoms with Gasteiger partial charge in [-0.25, -0.2) is 0 Å². The highest BCUT2D eigenvalue weighted by atomic mass is 15.3. The van der Waals surface area contributed by atoms with Crippen LogP contribution in [-0.4, -0.2) is 27.9 Å². The van der Waals surface area contributed by atoms with E-state index in [1.54, 1.807) is 0 Å². The molecule has 4 nitrogen and oxygen atoms in total. The van der Waals surface area contributed by atoms with Gasteiger partial charge in [-0.2, -0.15) is 0 Å². The van der Waals surface area contributed by atoms with E-state index in [4.69, 9.17) is 0 Å². The predicted molar refractivity (Wildman–Crippen MR) is 57.7 cm³/mol. The first-order valence-electron chi connectivity index (χ1n) is 5.99. The Balaban J connectivity index is 1.94. The molecule has 3 heterocycles. The Bertz CT molecular complexity index is 357. The fraction of sp³-hybridized carbons (Fsp3) is 0.818. The van der Waals surface area contributed by atoms with Gasteiger partial charge in [-0.1, -0.05) is 6.92 Å². The van der Waals surface area contributed by atoms with Crippen molar-refractivity contribution in [2.45, 2.75) is 38.6 Å². The summed E-state index contributed by atoms with van der Waals surface area (Å²) in [5.74, 6) is 3.70. The molecule has 15 heavy (non-hydrogen) atoms. The highest BCUT2D eigenvalue weighted by Crippen LogP contribution is 2.28. The summed E-state index contributed by atoms with van der Waals surface area (Å²) >= 11 is 0. The smallest absolute Gasteiger partial charge is 0.137 e. The van der Waals surface area contributed by atoms with E-state index in [0.717, 1.165) is 26.1 Å². The number of rotatable bonds is 1. The van der Waals surface area contributed by atoms with E-state index in [2.05, 4.69) is 27.0 Å². The quantitative estimate of drug-likeness (QED) is 0.743. The number of hydrogen-bond donors (Lipinski definition) is 1. The third-order valence-corrected chi connectivity index (χ3v) is 3.74. The molecule has 0 saturated carbocycles. The van der Waals surface area contributed by atoms with Crippen LogP contribution in [0.15, 0.2) is 0 Å². The van der Waals surface area contributed by atoms with Crippen LogP contribution in [0.2, 0.25) is 0 Å². The molecule has 1 saturated heterocycles. The lowest BCUT2D eigenvalue weighted by atomic mass is 9.97. The molecule has 1 N–H and O–H groups in total. The van der Waals surface area contributed by atoms with Gasteiger partial charge in [-0.05, 0) is 25.3 Å². The Morgan fingerprint density at radius 3 is 3.00 bits per heavy atom. The first-order valence-corrected chi connectivity index (χ1v) is 5.99. The predicted octanol–water partition coefficient (Wildman–Crippen LogP) is 0.937. The van der Waals surface area contributed by atoms with E-state index in [1.807, 2.05) is 0 Å². The molecule has 0 spiro atoms. The van der Waals surface area contributed by atoms with Gasteiger partial charge < -0.3 is 9.88 Å². The van der Waals surface area contributed by atoms with E-state index < -0.39 is 0 Å². The summed E-state index contributed by atoms with van der Waals surface area (Å²) in [6, 6.07) is 0. The van der Waals surface area contributed by atoms with Crippen LogP contribution in [-0.2, 0) is 13.0 Å². The fourth-order valence-corrected chi connectivity index (χ4v) is 2.76. The molecular formula is C11H18N4. The van der Waals surface area contributed by atoms with Crippen molar-refractivity contribution in [1.82, 2.24) is 20.1 Å². The van der Waals surface area contributed by atoms with Gasteiger partial charge in [0.05, 0.1) is 0 Å². The minimum atomic E-state index is 0.573. The Kier molecular flexibility index (Phi) is 2.24. The normalized spacial score (nSPS) is 30.5. The first-order chi connectivity index (χ1) is 7.36. The first kappa shape index (κ1) is 9.33. The van der Waals surface area contributed by atoms with Crippen molar-refractivity contribution >= 4 is 0 Å². The van der Waals surface area contributed by atoms with Gasteiger partial charge in [0.1, 0.15) is 11.6 Å². The Labute approximate surface area is 90.1 Å². The molecule has 0 amide bonds. The van der Waals surface area contributed by atoms with Gasteiger partial charge in [0.2, 0.25) is 0 Å². The van der Waals surface area contributed by atoms with Crippen LogP contribution in [0.4, 0.5) is 0 Å². The molecule has 4 heteroatoms. The molecule has 1 aromatic heterocycles. The fourth-order valence-electron chi connectivity index (χ4n) is 2.76. The standard InChI is InChI=1S/C11H18N4/c1-8-6-12-7-9(8)11-14-13-10-4-2-3-5-15(10)11/h8-9,12H,2-7H2,1H3/t8-,9-/m1/s1. The minimum absolute atomic E-state index is 0.573. The summed E-state index contributed by atoms with van der Waals surface area (Å²) in [4.78, 5) is 0. The number of fused-ring (bicyclic) bond motifs is 1. The second-order valence-corrected chi connectivity index (χ2v) is 4.83. The second-order valence-electron chi connectivity index (χ2n) is 4.83. The summed E-state index contributed by atoms with van der Waals surface area (Å²) < 4.78 is 2.36. The number of nitrogens with one attached hydrogen (secondary N) is 1. The molecular weight excluding hydrogens is 188 g/mol. The molecule has 3 rings (SSSR count). The zero-order chi connectivity index (χ0) is 10.3. The number of hydrogen-bond acceptors (Lipinski definition) is 3. The lowest BCUT2D eigenvalue weighted by molar-refractivity contribution is 0.466. The zero-order valence-electron chi connectivity index (χ0n) is 9.24. The van der Waals surface area contributed by atoms with Crippen LogP contribution in [0.1, 0.15) is 37.3 Å². The number of aryl methyl sites for hydroxylation is 1. The van der Waals surface area contributed by atoms with Crippen LogP contribution < -0.4 is 5.32 Å². The van der Waals surface area contributed by atoms with Crippen molar-refractivity contribution in [2.24, 2.45) is 5.92 Å². The molecule has 0 radical (unpaired) electrons. The third kappa shape index (κ3) is 1.47. The van der Waals surface area contributed by atoms with Gasteiger partial charge in [0.25, 0.3) is 0 Å². The number of aromatic nitrogens is 3. The molecule has 2 aliphatic heterocycles. The van der Waals surface area contributed by atoms with Crippen molar-refractivity contribution in [3.05, 3.63) is 11.6 Å². The summed E-state index contributed by atoms with van der Waals surface area (Å²) in [6.07, 6.45) is 3.67. The van der Waals surface area contributed by atoms with Gasteiger partial charge in [0, 0.05) is 25.4 Å². The third-order valence-electron chi connectivity index (χ3n) is 3.74. The van der Waals surface area contributed by atoms with Gasteiger partial charge in [-0.3, -0.25) is 0 Å². The maximum atomic E-state index is 4.40. The van der Waals surface area contributed by atoms with Crippen LogP contribution in [0, 0.1) is 5.92 Å². The van der Waals surface area contributed by atoms with Crippen LogP contribution in [0.25, 0.3) is 0 Å². The molecule has 2 atom stereocenters. The summed E-state index contributed by atoms with van der Waals surface area (Å²) in [6.45, 7) is 5.61. The Hall–Kier alpha value is -0.900. The molecule has 0 unspecified atom stereocenters. The van der Waals surface area contributed by atoms with Gasteiger partial charge in [-0.15, -0.1) is 10.2 Å². The van der Waals surface area contributed by atoms with Crippen LogP contribution >= 0.6 is 0 Å². The zero-order valence-corrected chi connectivity index (χ0v) is 9.24. The van der Waals surface area contributed by atoms with E-state index in [9.17, 15) is 0 Å². The second kappa shape index (κ2) is 3.59. The monoisotopic (exact) mass is 206 g/mol. The van der Waals surface area contributed by atoms with Crippen molar-refractivity contribution < 1.29 is 0 Å². The van der Waals surface area contributed by atoms with Gasteiger partial charge in [0.15, 0.2) is 0 Å². The van der Waals surface area contributed by atoms with Gasteiger partial charge >= 0.3 is 0 Å².